The molecule has 1 aliphatic heterocycles. The lowest BCUT2D eigenvalue weighted by Gasteiger charge is -2.26. The van der Waals surface area contributed by atoms with Crippen molar-refractivity contribution < 1.29 is 24.3 Å². The lowest BCUT2D eigenvalue weighted by Crippen LogP contribution is -2.87. The van der Waals surface area contributed by atoms with E-state index in [1.807, 2.05) is 19.9 Å². The van der Waals surface area contributed by atoms with Crippen LogP contribution in [0.2, 0.25) is 0 Å². The van der Waals surface area contributed by atoms with E-state index in [0.717, 1.165) is 36.0 Å². The van der Waals surface area contributed by atoms with Gasteiger partial charge in [0.2, 0.25) is 0 Å². The molecule has 2 aromatic carbocycles. The minimum atomic E-state index is 0.202. The zero-order valence-corrected chi connectivity index (χ0v) is 16.0. The number of ether oxygens (including phenoxy) is 4. The smallest absolute Gasteiger partial charge is 0.161 e. The van der Waals surface area contributed by atoms with Gasteiger partial charge in [-0.25, -0.2) is 0 Å². The lowest BCUT2D eigenvalue weighted by atomic mass is 9.89. The van der Waals surface area contributed by atoms with Gasteiger partial charge in [-0.2, -0.15) is 0 Å². The Hall–Kier alpha value is -2.40. The summed E-state index contributed by atoms with van der Waals surface area (Å²) in [5.41, 5.74) is 3.78. The van der Waals surface area contributed by atoms with Crippen LogP contribution in [0.25, 0.3) is 0 Å². The van der Waals surface area contributed by atoms with Crippen LogP contribution in [0.5, 0.6) is 23.0 Å². The summed E-state index contributed by atoms with van der Waals surface area (Å²) in [6.07, 6.45) is 1.02. The summed E-state index contributed by atoms with van der Waals surface area (Å²) in [5.74, 6) is 3.14. The third kappa shape index (κ3) is 3.58. The van der Waals surface area contributed by atoms with Crippen LogP contribution < -0.4 is 24.3 Å². The summed E-state index contributed by atoms with van der Waals surface area (Å²) in [6, 6.07) is 10.6. The molecule has 0 saturated carbocycles. The number of quaternary nitrogens is 1. The highest BCUT2D eigenvalue weighted by Gasteiger charge is 2.28. The van der Waals surface area contributed by atoms with Crippen molar-refractivity contribution in [2.24, 2.45) is 0 Å². The van der Waals surface area contributed by atoms with Crippen molar-refractivity contribution in [2.75, 3.05) is 34.0 Å². The van der Waals surface area contributed by atoms with Crippen molar-refractivity contribution in [3.8, 4) is 23.0 Å². The Morgan fingerprint density at radius 3 is 2.23 bits per heavy atom. The molecule has 0 spiro atoms. The third-order valence-corrected chi connectivity index (χ3v) is 4.72. The van der Waals surface area contributed by atoms with Crippen LogP contribution in [0.3, 0.4) is 0 Å². The molecule has 1 aliphatic rings. The van der Waals surface area contributed by atoms with Crippen molar-refractivity contribution in [2.45, 2.75) is 26.3 Å². The van der Waals surface area contributed by atoms with Crippen molar-refractivity contribution in [1.29, 1.82) is 0 Å². The molecule has 5 nitrogen and oxygen atoms in total. The second-order valence-electron chi connectivity index (χ2n) is 6.23. The molecule has 1 atom stereocenters. The van der Waals surface area contributed by atoms with Crippen LogP contribution in [-0.2, 0) is 6.42 Å². The molecule has 2 N–H and O–H groups in total. The quantitative estimate of drug-likeness (QED) is 0.827. The van der Waals surface area contributed by atoms with E-state index in [1.54, 1.807) is 14.2 Å². The highest BCUT2D eigenvalue weighted by molar-refractivity contribution is 5.52. The Morgan fingerprint density at radius 1 is 0.885 bits per heavy atom. The van der Waals surface area contributed by atoms with Crippen LogP contribution in [-0.4, -0.2) is 34.0 Å². The van der Waals surface area contributed by atoms with Crippen LogP contribution in [0.1, 0.15) is 36.6 Å². The molecule has 1 unspecified atom stereocenters. The van der Waals surface area contributed by atoms with Crippen LogP contribution in [0.4, 0.5) is 0 Å². The monoisotopic (exact) mass is 358 g/mol. The van der Waals surface area contributed by atoms with Crippen molar-refractivity contribution in [3.05, 3.63) is 47.0 Å². The van der Waals surface area contributed by atoms with E-state index in [1.165, 1.54) is 16.7 Å². The maximum atomic E-state index is 5.84. The Bertz CT molecular complexity index is 760. The second kappa shape index (κ2) is 8.32. The predicted octanol–water partition coefficient (Wildman–Crippen LogP) is 2.71. The molecular weight excluding hydrogens is 330 g/mol. The number of rotatable bonds is 7. The highest BCUT2D eigenvalue weighted by atomic mass is 16.5. The fourth-order valence-corrected chi connectivity index (χ4v) is 3.55. The van der Waals surface area contributed by atoms with Gasteiger partial charge in [0, 0.05) is 17.5 Å². The van der Waals surface area contributed by atoms with Crippen molar-refractivity contribution in [1.82, 2.24) is 0 Å². The Kier molecular flexibility index (Phi) is 5.89. The molecule has 2 aromatic rings. The number of hydrogen-bond acceptors (Lipinski definition) is 4. The number of hydrogen-bond donors (Lipinski definition) is 1. The second-order valence-corrected chi connectivity index (χ2v) is 6.23. The van der Waals surface area contributed by atoms with Gasteiger partial charge in [-0.3, -0.25) is 0 Å². The van der Waals surface area contributed by atoms with Crippen molar-refractivity contribution in [3.63, 3.8) is 0 Å². The molecule has 0 radical (unpaired) electrons. The Balaban J connectivity index is 2.04. The van der Waals surface area contributed by atoms with E-state index in [9.17, 15) is 0 Å². The number of methoxy groups -OCH3 is 2. The van der Waals surface area contributed by atoms with E-state index in [4.69, 9.17) is 18.9 Å². The molecule has 0 saturated heterocycles. The molecule has 0 amide bonds. The van der Waals surface area contributed by atoms with E-state index in [0.29, 0.717) is 13.2 Å². The molecule has 0 bridgehead atoms. The van der Waals surface area contributed by atoms with Crippen LogP contribution >= 0.6 is 0 Å². The molecule has 5 heteroatoms. The zero-order valence-electron chi connectivity index (χ0n) is 16.0. The summed E-state index contributed by atoms with van der Waals surface area (Å²) >= 11 is 0. The minimum absolute atomic E-state index is 0.202. The maximum Gasteiger partial charge on any atom is 0.161 e. The average molecular weight is 358 g/mol. The summed E-state index contributed by atoms with van der Waals surface area (Å²) in [6.45, 7) is 6.27. The fraction of sp³-hybridized carbons (Fsp3) is 0.429. The lowest BCUT2D eigenvalue weighted by molar-refractivity contribution is -0.690. The molecule has 3 rings (SSSR count). The van der Waals surface area contributed by atoms with E-state index < -0.39 is 0 Å². The summed E-state index contributed by atoms with van der Waals surface area (Å²) in [7, 11) is 3.32. The van der Waals surface area contributed by atoms with Gasteiger partial charge in [0.05, 0.1) is 34.0 Å². The Labute approximate surface area is 155 Å². The largest absolute Gasteiger partial charge is 0.493 e. The molecule has 140 valence electrons. The summed E-state index contributed by atoms with van der Waals surface area (Å²) in [4.78, 5) is 0. The van der Waals surface area contributed by atoms with Gasteiger partial charge in [0.15, 0.2) is 23.0 Å². The molecule has 26 heavy (non-hydrogen) atoms. The van der Waals surface area contributed by atoms with Gasteiger partial charge >= 0.3 is 0 Å². The van der Waals surface area contributed by atoms with Gasteiger partial charge in [-0.1, -0.05) is 0 Å². The first-order chi connectivity index (χ1) is 12.7. The van der Waals surface area contributed by atoms with Gasteiger partial charge in [0.25, 0.3) is 0 Å². The standard InChI is InChI=1S/C21H27NO4/c1-5-25-19-11-14-9-10-22-21(16(14)13-20(19)26-6-2)15-7-8-17(23-3)18(12-15)24-4/h7-8,11-13,21-22H,5-6,9-10H2,1-4H3/p+1. The summed E-state index contributed by atoms with van der Waals surface area (Å²) < 4.78 is 22.5. The first-order valence-corrected chi connectivity index (χ1v) is 9.19. The SMILES string of the molecule is CCOc1cc2c(cc1OCC)C(c1ccc(OC)c(OC)c1)[NH2+]CC2. The average Bonchev–Trinajstić information content (AvgIpc) is 2.68. The van der Waals surface area contributed by atoms with Gasteiger partial charge < -0.3 is 24.3 Å². The Morgan fingerprint density at radius 2 is 1.58 bits per heavy atom. The van der Waals surface area contributed by atoms with Gasteiger partial charge in [-0.05, 0) is 49.7 Å². The molecule has 0 aromatic heterocycles. The van der Waals surface area contributed by atoms with E-state index in [2.05, 4.69) is 29.6 Å². The molecule has 0 aliphatic carbocycles. The third-order valence-electron chi connectivity index (χ3n) is 4.72. The normalized spacial score (nSPS) is 15.9. The number of benzene rings is 2. The molecule has 1 heterocycles. The van der Waals surface area contributed by atoms with Gasteiger partial charge in [0.1, 0.15) is 6.04 Å². The maximum absolute atomic E-state index is 5.84. The molecular formula is C21H28NO4+. The molecule has 0 fully saturated rings. The highest BCUT2D eigenvalue weighted by Crippen LogP contribution is 2.37. The van der Waals surface area contributed by atoms with Crippen molar-refractivity contribution >= 4 is 0 Å². The van der Waals surface area contributed by atoms with Gasteiger partial charge in [-0.15, -0.1) is 0 Å². The number of fused-ring (bicyclic) bond motifs is 1. The van der Waals surface area contributed by atoms with Crippen LogP contribution in [0.15, 0.2) is 30.3 Å². The minimum Gasteiger partial charge on any atom is -0.493 e. The van der Waals surface area contributed by atoms with E-state index >= 15 is 0 Å². The first kappa shape index (κ1) is 18.4. The topological polar surface area (TPSA) is 53.5 Å². The number of nitrogens with two attached hydrogens (primary N) is 1. The summed E-state index contributed by atoms with van der Waals surface area (Å²) in [5, 5.41) is 2.36. The zero-order chi connectivity index (χ0) is 18.5. The fourth-order valence-electron chi connectivity index (χ4n) is 3.55. The van der Waals surface area contributed by atoms with Crippen LogP contribution in [0, 0.1) is 0 Å². The predicted molar refractivity (Wildman–Crippen MR) is 101 cm³/mol. The van der Waals surface area contributed by atoms with E-state index in [-0.39, 0.29) is 6.04 Å². The first-order valence-electron chi connectivity index (χ1n) is 9.19.